The molecule has 0 heterocycles. The van der Waals surface area contributed by atoms with Gasteiger partial charge in [-0.1, -0.05) is 19.4 Å². The van der Waals surface area contributed by atoms with Crippen LogP contribution in [0, 0.1) is 6.92 Å². The molecular weight excluding hydrogens is 228 g/mol. The lowest BCUT2D eigenvalue weighted by atomic mass is 10.1. The van der Waals surface area contributed by atoms with Crippen molar-refractivity contribution in [3.63, 3.8) is 0 Å². The molecule has 0 aliphatic heterocycles. The van der Waals surface area contributed by atoms with Crippen molar-refractivity contribution in [1.29, 1.82) is 0 Å². The van der Waals surface area contributed by atoms with Crippen LogP contribution in [0.2, 0.25) is 0 Å². The second-order valence-corrected chi connectivity index (χ2v) is 4.38. The Hall–Kier alpha value is -1.55. The van der Waals surface area contributed by atoms with Crippen LogP contribution in [0.3, 0.4) is 0 Å². The highest BCUT2D eigenvalue weighted by Crippen LogP contribution is 2.18. The summed E-state index contributed by atoms with van der Waals surface area (Å²) in [6.45, 7) is 4.48. The lowest BCUT2D eigenvalue weighted by Crippen LogP contribution is -2.40. The van der Waals surface area contributed by atoms with Crippen molar-refractivity contribution in [2.75, 3.05) is 13.7 Å². The normalized spacial score (nSPS) is 12.0. The third kappa shape index (κ3) is 3.74. The number of rotatable bonds is 6. The van der Waals surface area contributed by atoms with Crippen molar-refractivity contribution in [3.05, 3.63) is 29.3 Å². The van der Waals surface area contributed by atoms with Gasteiger partial charge in [0, 0.05) is 18.2 Å². The largest absolute Gasteiger partial charge is 0.496 e. The molecular formula is C14H22N2O2. The highest BCUT2D eigenvalue weighted by Gasteiger charge is 2.12. The Kier molecular flexibility index (Phi) is 5.65. The van der Waals surface area contributed by atoms with E-state index in [1.807, 2.05) is 13.0 Å². The Balaban J connectivity index is 2.77. The van der Waals surface area contributed by atoms with Gasteiger partial charge in [-0.15, -0.1) is 0 Å². The summed E-state index contributed by atoms with van der Waals surface area (Å²) in [5, 5.41) is 2.94. The quantitative estimate of drug-likeness (QED) is 0.810. The van der Waals surface area contributed by atoms with Crippen molar-refractivity contribution >= 4 is 5.91 Å². The lowest BCUT2D eigenvalue weighted by molar-refractivity contribution is 0.0936. The minimum atomic E-state index is -0.0998. The van der Waals surface area contributed by atoms with E-state index in [-0.39, 0.29) is 11.9 Å². The first-order chi connectivity index (χ1) is 8.62. The van der Waals surface area contributed by atoms with Crippen LogP contribution in [-0.4, -0.2) is 25.6 Å². The second kappa shape index (κ2) is 7.01. The summed E-state index contributed by atoms with van der Waals surface area (Å²) < 4.78 is 5.21. The van der Waals surface area contributed by atoms with Crippen molar-refractivity contribution in [3.8, 4) is 5.75 Å². The summed E-state index contributed by atoms with van der Waals surface area (Å²) >= 11 is 0. The summed E-state index contributed by atoms with van der Waals surface area (Å²) in [7, 11) is 1.60. The van der Waals surface area contributed by atoms with E-state index in [1.54, 1.807) is 19.2 Å². The maximum atomic E-state index is 12.0. The molecule has 0 saturated heterocycles. The average Bonchev–Trinajstić information content (AvgIpc) is 2.38. The maximum absolute atomic E-state index is 12.0. The molecule has 18 heavy (non-hydrogen) atoms. The maximum Gasteiger partial charge on any atom is 0.251 e. The molecule has 4 nitrogen and oxygen atoms in total. The highest BCUT2D eigenvalue weighted by atomic mass is 16.5. The van der Waals surface area contributed by atoms with Crippen LogP contribution >= 0.6 is 0 Å². The van der Waals surface area contributed by atoms with Gasteiger partial charge in [0.2, 0.25) is 0 Å². The number of methoxy groups -OCH3 is 1. The fraction of sp³-hybridized carbons (Fsp3) is 0.500. The molecule has 0 aliphatic rings. The third-order valence-electron chi connectivity index (χ3n) is 2.93. The molecule has 1 amide bonds. The second-order valence-electron chi connectivity index (χ2n) is 4.38. The van der Waals surface area contributed by atoms with E-state index >= 15 is 0 Å². The summed E-state index contributed by atoms with van der Waals surface area (Å²) in [6.07, 6.45) is 1.89. The zero-order chi connectivity index (χ0) is 13.5. The van der Waals surface area contributed by atoms with Crippen LogP contribution < -0.4 is 15.8 Å². The number of carbonyl (C=O) groups excluding carboxylic acids is 1. The molecule has 1 aromatic carbocycles. The smallest absolute Gasteiger partial charge is 0.251 e. The molecule has 3 N–H and O–H groups in total. The molecule has 0 fully saturated rings. The van der Waals surface area contributed by atoms with E-state index in [4.69, 9.17) is 10.5 Å². The molecule has 4 heteroatoms. The van der Waals surface area contributed by atoms with E-state index in [9.17, 15) is 4.79 Å². The van der Waals surface area contributed by atoms with E-state index in [0.29, 0.717) is 12.1 Å². The summed E-state index contributed by atoms with van der Waals surface area (Å²) in [6, 6.07) is 5.47. The molecule has 0 radical (unpaired) electrons. The van der Waals surface area contributed by atoms with Crippen LogP contribution in [0.25, 0.3) is 0 Å². The molecule has 0 saturated carbocycles. The van der Waals surface area contributed by atoms with Crippen LogP contribution in [-0.2, 0) is 0 Å². The number of hydrogen-bond acceptors (Lipinski definition) is 3. The van der Waals surface area contributed by atoms with E-state index in [2.05, 4.69) is 12.2 Å². The van der Waals surface area contributed by atoms with Gasteiger partial charge in [-0.25, -0.2) is 0 Å². The summed E-state index contributed by atoms with van der Waals surface area (Å²) in [4.78, 5) is 12.0. The monoisotopic (exact) mass is 250 g/mol. The first-order valence-electron chi connectivity index (χ1n) is 6.28. The molecule has 1 aromatic rings. The molecule has 100 valence electrons. The molecule has 1 atom stereocenters. The molecule has 0 aliphatic carbocycles. The lowest BCUT2D eigenvalue weighted by Gasteiger charge is -2.16. The number of nitrogens with one attached hydrogen (secondary N) is 1. The van der Waals surface area contributed by atoms with Crippen molar-refractivity contribution in [2.24, 2.45) is 5.73 Å². The molecule has 1 unspecified atom stereocenters. The fourth-order valence-corrected chi connectivity index (χ4v) is 1.83. The van der Waals surface area contributed by atoms with Crippen LogP contribution in [0.15, 0.2) is 18.2 Å². The van der Waals surface area contributed by atoms with Gasteiger partial charge in [-0.2, -0.15) is 0 Å². The van der Waals surface area contributed by atoms with Crippen molar-refractivity contribution in [2.45, 2.75) is 32.7 Å². The van der Waals surface area contributed by atoms with Gasteiger partial charge in [0.15, 0.2) is 0 Å². The average molecular weight is 250 g/mol. The number of hydrogen-bond donors (Lipinski definition) is 2. The first kappa shape index (κ1) is 14.5. The molecule has 1 rings (SSSR count). The first-order valence-corrected chi connectivity index (χ1v) is 6.28. The number of ether oxygens (including phenoxy) is 1. The van der Waals surface area contributed by atoms with Crippen LogP contribution in [0.1, 0.15) is 35.7 Å². The van der Waals surface area contributed by atoms with E-state index in [0.717, 1.165) is 24.2 Å². The zero-order valence-corrected chi connectivity index (χ0v) is 11.3. The Morgan fingerprint density at radius 1 is 1.50 bits per heavy atom. The van der Waals surface area contributed by atoms with Gasteiger partial charge in [0.1, 0.15) is 5.75 Å². The van der Waals surface area contributed by atoms with Gasteiger partial charge in [0.25, 0.3) is 5.91 Å². The number of carbonyl (C=O) groups is 1. The predicted octanol–water partition coefficient (Wildman–Crippen LogP) is 1.86. The standard InChI is InChI=1S/C14H22N2O2/c1-4-5-12(9-15)16-14(17)11-7-6-10(2)13(8-11)18-3/h6-8,12H,4-5,9,15H2,1-3H3,(H,16,17). The number of benzene rings is 1. The number of nitrogens with two attached hydrogens (primary N) is 1. The summed E-state index contributed by atoms with van der Waals surface area (Å²) in [5.74, 6) is 0.625. The minimum Gasteiger partial charge on any atom is -0.496 e. The molecule has 0 spiro atoms. The summed E-state index contributed by atoms with van der Waals surface area (Å²) in [5.41, 5.74) is 7.24. The Morgan fingerprint density at radius 2 is 2.22 bits per heavy atom. The van der Waals surface area contributed by atoms with Gasteiger partial charge >= 0.3 is 0 Å². The van der Waals surface area contributed by atoms with Gasteiger partial charge in [-0.05, 0) is 31.0 Å². The zero-order valence-electron chi connectivity index (χ0n) is 11.3. The van der Waals surface area contributed by atoms with Crippen LogP contribution in [0.5, 0.6) is 5.75 Å². The van der Waals surface area contributed by atoms with Gasteiger partial charge in [0.05, 0.1) is 7.11 Å². The number of aryl methyl sites for hydroxylation is 1. The highest BCUT2D eigenvalue weighted by molar-refractivity contribution is 5.94. The topological polar surface area (TPSA) is 64.3 Å². The molecule has 0 aromatic heterocycles. The van der Waals surface area contributed by atoms with E-state index in [1.165, 1.54) is 0 Å². The minimum absolute atomic E-state index is 0.0368. The number of amides is 1. The fourth-order valence-electron chi connectivity index (χ4n) is 1.83. The van der Waals surface area contributed by atoms with Crippen LogP contribution in [0.4, 0.5) is 0 Å². The third-order valence-corrected chi connectivity index (χ3v) is 2.93. The van der Waals surface area contributed by atoms with Gasteiger partial charge in [-0.3, -0.25) is 4.79 Å². The van der Waals surface area contributed by atoms with E-state index < -0.39 is 0 Å². The Labute approximate surface area is 109 Å². The van der Waals surface area contributed by atoms with Gasteiger partial charge < -0.3 is 15.8 Å². The Morgan fingerprint density at radius 3 is 2.78 bits per heavy atom. The predicted molar refractivity (Wildman–Crippen MR) is 72.9 cm³/mol. The SMILES string of the molecule is CCCC(CN)NC(=O)c1ccc(C)c(OC)c1. The Bertz CT molecular complexity index is 405. The molecule has 0 bridgehead atoms. The van der Waals surface area contributed by atoms with Crippen molar-refractivity contribution in [1.82, 2.24) is 5.32 Å². The van der Waals surface area contributed by atoms with Crippen molar-refractivity contribution < 1.29 is 9.53 Å².